The van der Waals surface area contributed by atoms with Crippen LogP contribution in [-0.2, 0) is 0 Å². The fourth-order valence-corrected chi connectivity index (χ4v) is 2.14. The molecule has 92 valence electrons. The van der Waals surface area contributed by atoms with Gasteiger partial charge in [-0.05, 0) is 37.5 Å². The molecule has 3 nitrogen and oxygen atoms in total. The number of fused-ring (bicyclic) bond motifs is 1. The zero-order valence-electron chi connectivity index (χ0n) is 10.8. The van der Waals surface area contributed by atoms with Crippen LogP contribution in [0.25, 0.3) is 0 Å². The van der Waals surface area contributed by atoms with Crippen LogP contribution < -0.4 is 4.74 Å². The molecule has 0 atom stereocenters. The van der Waals surface area contributed by atoms with E-state index in [1.54, 1.807) is 0 Å². The molecule has 0 saturated heterocycles. The molecule has 1 aromatic carbocycles. The van der Waals surface area contributed by atoms with Gasteiger partial charge < -0.3 is 9.94 Å². The average Bonchev–Trinajstić information content (AvgIpc) is 2.26. The van der Waals surface area contributed by atoms with Crippen LogP contribution in [0.1, 0.15) is 51.2 Å². The maximum atomic E-state index is 9.13. The molecule has 0 amide bonds. The Morgan fingerprint density at radius 2 is 2.06 bits per heavy atom. The third kappa shape index (κ3) is 2.28. The zero-order valence-corrected chi connectivity index (χ0v) is 10.8. The number of hydrogen-bond donors (Lipinski definition) is 1. The summed E-state index contributed by atoms with van der Waals surface area (Å²) < 4.78 is 5.89. The molecular weight excluding hydrogens is 214 g/mol. The van der Waals surface area contributed by atoms with Gasteiger partial charge in [0, 0.05) is 12.0 Å². The highest BCUT2D eigenvalue weighted by atomic mass is 16.5. The lowest BCUT2D eigenvalue weighted by Crippen LogP contribution is -2.36. The van der Waals surface area contributed by atoms with Gasteiger partial charge in [0.05, 0.1) is 5.71 Å². The van der Waals surface area contributed by atoms with Gasteiger partial charge in [-0.1, -0.05) is 25.1 Å². The lowest BCUT2D eigenvalue weighted by molar-refractivity contribution is 0.109. The Labute approximate surface area is 102 Å². The van der Waals surface area contributed by atoms with Crippen LogP contribution in [0.4, 0.5) is 0 Å². The van der Waals surface area contributed by atoms with E-state index in [0.29, 0.717) is 18.1 Å². The SMILES string of the molecule is CC(C)c1ccc2c(c1)C(=NO)CC(C)(C)O2. The molecule has 0 aliphatic carbocycles. The summed E-state index contributed by atoms with van der Waals surface area (Å²) >= 11 is 0. The van der Waals surface area contributed by atoms with Crippen LogP contribution in [0.5, 0.6) is 5.75 Å². The highest BCUT2D eigenvalue weighted by Gasteiger charge is 2.31. The van der Waals surface area contributed by atoms with Gasteiger partial charge in [-0.2, -0.15) is 0 Å². The second-order valence-corrected chi connectivity index (χ2v) is 5.50. The van der Waals surface area contributed by atoms with Crippen LogP contribution in [-0.4, -0.2) is 16.5 Å². The number of hydrogen-bond acceptors (Lipinski definition) is 3. The van der Waals surface area contributed by atoms with E-state index in [4.69, 9.17) is 9.94 Å². The highest BCUT2D eigenvalue weighted by molar-refractivity contribution is 6.04. The van der Waals surface area contributed by atoms with Crippen molar-refractivity contribution in [1.82, 2.24) is 0 Å². The predicted molar refractivity (Wildman–Crippen MR) is 68.2 cm³/mol. The molecule has 0 saturated carbocycles. The molecule has 1 aromatic rings. The van der Waals surface area contributed by atoms with E-state index >= 15 is 0 Å². The Hall–Kier alpha value is -1.51. The van der Waals surface area contributed by atoms with Crippen LogP contribution in [0.2, 0.25) is 0 Å². The number of nitrogens with zero attached hydrogens (tertiary/aromatic N) is 1. The third-order valence-corrected chi connectivity index (χ3v) is 3.08. The number of ether oxygens (including phenoxy) is 1. The molecule has 17 heavy (non-hydrogen) atoms. The van der Waals surface area contributed by atoms with Gasteiger partial charge in [0.1, 0.15) is 11.4 Å². The molecule has 0 spiro atoms. The Morgan fingerprint density at radius 3 is 2.65 bits per heavy atom. The summed E-state index contributed by atoms with van der Waals surface area (Å²) in [5.41, 5.74) is 2.54. The second kappa shape index (κ2) is 4.06. The summed E-state index contributed by atoms with van der Waals surface area (Å²) in [7, 11) is 0. The first-order valence-electron chi connectivity index (χ1n) is 5.97. The van der Waals surface area contributed by atoms with Crippen molar-refractivity contribution in [3.05, 3.63) is 29.3 Å². The molecule has 2 rings (SSSR count). The minimum Gasteiger partial charge on any atom is -0.487 e. The van der Waals surface area contributed by atoms with Crippen molar-refractivity contribution in [3.8, 4) is 5.75 Å². The van der Waals surface area contributed by atoms with Gasteiger partial charge in [0.2, 0.25) is 0 Å². The minimum absolute atomic E-state index is 0.312. The lowest BCUT2D eigenvalue weighted by atomic mass is 9.90. The van der Waals surface area contributed by atoms with E-state index in [2.05, 4.69) is 31.1 Å². The minimum atomic E-state index is -0.312. The topological polar surface area (TPSA) is 41.8 Å². The van der Waals surface area contributed by atoms with E-state index in [-0.39, 0.29) is 5.60 Å². The monoisotopic (exact) mass is 233 g/mol. The van der Waals surface area contributed by atoms with Crippen molar-refractivity contribution in [1.29, 1.82) is 0 Å². The fraction of sp³-hybridized carbons (Fsp3) is 0.500. The quantitative estimate of drug-likeness (QED) is 0.595. The molecule has 3 heteroatoms. The van der Waals surface area contributed by atoms with E-state index in [1.807, 2.05) is 19.9 Å². The van der Waals surface area contributed by atoms with Gasteiger partial charge in [-0.25, -0.2) is 0 Å². The first-order chi connectivity index (χ1) is 7.93. The first kappa shape index (κ1) is 12.0. The molecule has 1 heterocycles. The Kier molecular flexibility index (Phi) is 2.86. The average molecular weight is 233 g/mol. The number of benzene rings is 1. The van der Waals surface area contributed by atoms with Crippen molar-refractivity contribution >= 4 is 5.71 Å². The summed E-state index contributed by atoms with van der Waals surface area (Å²) in [5.74, 6) is 1.26. The van der Waals surface area contributed by atoms with Crippen molar-refractivity contribution in [2.45, 2.75) is 45.6 Å². The van der Waals surface area contributed by atoms with Gasteiger partial charge in [-0.15, -0.1) is 0 Å². The summed E-state index contributed by atoms with van der Waals surface area (Å²) in [5, 5.41) is 12.6. The van der Waals surface area contributed by atoms with Crippen molar-refractivity contribution < 1.29 is 9.94 Å². The lowest BCUT2D eigenvalue weighted by Gasteiger charge is -2.33. The normalized spacial score (nSPS) is 20.2. The van der Waals surface area contributed by atoms with Crippen LogP contribution in [0.15, 0.2) is 23.4 Å². The standard InChI is InChI=1S/C14H19NO2/c1-9(2)10-5-6-13-11(7-10)12(15-16)8-14(3,4)17-13/h5-7,9,16H,8H2,1-4H3. The smallest absolute Gasteiger partial charge is 0.129 e. The molecule has 0 fully saturated rings. The molecule has 0 unspecified atom stereocenters. The second-order valence-electron chi connectivity index (χ2n) is 5.50. The molecule has 1 N–H and O–H groups in total. The molecule has 1 aliphatic heterocycles. The van der Waals surface area contributed by atoms with Crippen LogP contribution in [0, 0.1) is 0 Å². The molecule has 0 aromatic heterocycles. The molecule has 1 aliphatic rings. The Balaban J connectivity index is 2.51. The van der Waals surface area contributed by atoms with Crippen LogP contribution >= 0.6 is 0 Å². The van der Waals surface area contributed by atoms with Gasteiger partial charge in [-0.3, -0.25) is 0 Å². The van der Waals surface area contributed by atoms with Gasteiger partial charge in [0.15, 0.2) is 0 Å². The maximum absolute atomic E-state index is 9.13. The fourth-order valence-electron chi connectivity index (χ4n) is 2.14. The summed E-state index contributed by atoms with van der Waals surface area (Å²) in [6, 6.07) is 6.10. The van der Waals surface area contributed by atoms with E-state index in [9.17, 15) is 0 Å². The van der Waals surface area contributed by atoms with E-state index in [1.165, 1.54) is 5.56 Å². The predicted octanol–water partition coefficient (Wildman–Crippen LogP) is 3.55. The van der Waals surface area contributed by atoms with Crippen molar-refractivity contribution in [2.75, 3.05) is 0 Å². The molecular formula is C14H19NO2. The van der Waals surface area contributed by atoms with Gasteiger partial charge in [0.25, 0.3) is 0 Å². The van der Waals surface area contributed by atoms with E-state index < -0.39 is 0 Å². The van der Waals surface area contributed by atoms with Crippen LogP contribution in [0.3, 0.4) is 0 Å². The van der Waals surface area contributed by atoms with Crippen molar-refractivity contribution in [2.24, 2.45) is 5.16 Å². The van der Waals surface area contributed by atoms with Gasteiger partial charge >= 0.3 is 0 Å². The summed E-state index contributed by atoms with van der Waals surface area (Å²) in [6.45, 7) is 8.28. The molecule has 0 radical (unpaired) electrons. The zero-order chi connectivity index (χ0) is 12.6. The summed E-state index contributed by atoms with van der Waals surface area (Å²) in [6.07, 6.45) is 0.623. The Morgan fingerprint density at radius 1 is 1.35 bits per heavy atom. The number of rotatable bonds is 1. The maximum Gasteiger partial charge on any atom is 0.129 e. The molecule has 0 bridgehead atoms. The van der Waals surface area contributed by atoms with Crippen molar-refractivity contribution in [3.63, 3.8) is 0 Å². The first-order valence-corrected chi connectivity index (χ1v) is 5.97. The van der Waals surface area contributed by atoms with E-state index in [0.717, 1.165) is 11.3 Å². The number of oxime groups is 1. The largest absolute Gasteiger partial charge is 0.487 e. The Bertz CT molecular complexity index is 461. The third-order valence-electron chi connectivity index (χ3n) is 3.08. The highest BCUT2D eigenvalue weighted by Crippen LogP contribution is 2.35. The summed E-state index contributed by atoms with van der Waals surface area (Å²) in [4.78, 5) is 0.